The molecule has 0 aliphatic heterocycles. The van der Waals surface area contributed by atoms with Gasteiger partial charge in [-0.3, -0.25) is 4.72 Å². The second-order valence-electron chi connectivity index (χ2n) is 5.22. The average Bonchev–Trinajstić information content (AvgIpc) is 2.97. The molecule has 0 bridgehead atoms. The van der Waals surface area contributed by atoms with Crippen LogP contribution < -0.4 is 4.72 Å². The maximum Gasteiger partial charge on any atom is 0.261 e. The van der Waals surface area contributed by atoms with Crippen molar-refractivity contribution in [3.8, 4) is 11.5 Å². The summed E-state index contributed by atoms with van der Waals surface area (Å²) in [5, 5.41) is 7.64. The number of aromatic nitrogens is 2. The predicted octanol–water partition coefficient (Wildman–Crippen LogP) is 3.29. The lowest BCUT2D eigenvalue weighted by Gasteiger charge is -2.09. The van der Waals surface area contributed by atoms with Crippen molar-refractivity contribution in [2.75, 3.05) is 4.72 Å². The Morgan fingerprint density at radius 1 is 1.04 bits per heavy atom. The highest BCUT2D eigenvalue weighted by molar-refractivity contribution is 7.92. The number of nitrogens with one attached hydrogen (secondary N) is 1. The van der Waals surface area contributed by atoms with Crippen LogP contribution in [-0.2, 0) is 10.0 Å². The van der Waals surface area contributed by atoms with E-state index in [1.165, 1.54) is 19.1 Å². The van der Waals surface area contributed by atoms with Gasteiger partial charge in [0.05, 0.1) is 4.90 Å². The standard InChI is InChI=1S/C16H14FN3O3S/c1-10-9-14(7-8-15(10)17)24(21,22)20-13-5-3-12(4-6-13)16-19-18-11(2)23-16/h3-9,20H,1-2H3. The summed E-state index contributed by atoms with van der Waals surface area (Å²) in [6, 6.07) is 10.1. The first-order valence-electron chi connectivity index (χ1n) is 7.05. The molecule has 0 fully saturated rings. The molecule has 8 heteroatoms. The van der Waals surface area contributed by atoms with E-state index in [2.05, 4.69) is 14.9 Å². The van der Waals surface area contributed by atoms with Crippen LogP contribution in [0.15, 0.2) is 51.8 Å². The third kappa shape index (κ3) is 3.28. The normalized spacial score (nSPS) is 11.5. The fraction of sp³-hybridized carbons (Fsp3) is 0.125. The van der Waals surface area contributed by atoms with Gasteiger partial charge in [0.1, 0.15) is 5.82 Å². The zero-order valence-corrected chi connectivity index (χ0v) is 13.8. The topological polar surface area (TPSA) is 85.1 Å². The van der Waals surface area contributed by atoms with Crippen LogP contribution in [0, 0.1) is 19.7 Å². The molecule has 0 unspecified atom stereocenters. The first-order valence-corrected chi connectivity index (χ1v) is 8.53. The summed E-state index contributed by atoms with van der Waals surface area (Å²) in [4.78, 5) is -0.00185. The van der Waals surface area contributed by atoms with Gasteiger partial charge in [0.2, 0.25) is 11.8 Å². The van der Waals surface area contributed by atoms with Crippen LogP contribution in [-0.4, -0.2) is 18.6 Å². The number of hydrogen-bond acceptors (Lipinski definition) is 5. The van der Waals surface area contributed by atoms with Gasteiger partial charge in [-0.05, 0) is 55.0 Å². The second kappa shape index (κ2) is 6.04. The quantitative estimate of drug-likeness (QED) is 0.783. The SMILES string of the molecule is Cc1nnc(-c2ccc(NS(=O)(=O)c3ccc(F)c(C)c3)cc2)o1. The van der Waals surface area contributed by atoms with Gasteiger partial charge in [0.15, 0.2) is 0 Å². The number of aryl methyl sites for hydroxylation is 2. The summed E-state index contributed by atoms with van der Waals surface area (Å²) in [6.07, 6.45) is 0. The molecule has 24 heavy (non-hydrogen) atoms. The Hall–Kier alpha value is -2.74. The van der Waals surface area contributed by atoms with Gasteiger partial charge < -0.3 is 4.42 Å². The Bertz CT molecular complexity index is 982. The Morgan fingerprint density at radius 3 is 2.33 bits per heavy atom. The van der Waals surface area contributed by atoms with E-state index < -0.39 is 15.8 Å². The zero-order chi connectivity index (χ0) is 17.3. The van der Waals surface area contributed by atoms with E-state index >= 15 is 0 Å². The number of rotatable bonds is 4. The number of benzene rings is 2. The molecule has 0 spiro atoms. The molecule has 124 valence electrons. The van der Waals surface area contributed by atoms with Crippen LogP contribution in [0.3, 0.4) is 0 Å². The molecule has 1 N–H and O–H groups in total. The van der Waals surface area contributed by atoms with E-state index in [-0.39, 0.29) is 10.5 Å². The monoisotopic (exact) mass is 347 g/mol. The molecule has 1 heterocycles. The largest absolute Gasteiger partial charge is 0.421 e. The number of sulfonamides is 1. The highest BCUT2D eigenvalue weighted by Gasteiger charge is 2.16. The zero-order valence-electron chi connectivity index (χ0n) is 12.9. The summed E-state index contributed by atoms with van der Waals surface area (Å²) in [6.45, 7) is 3.19. The minimum atomic E-state index is -3.79. The molecule has 0 aliphatic carbocycles. The minimum absolute atomic E-state index is 0.00185. The lowest BCUT2D eigenvalue weighted by Crippen LogP contribution is -2.13. The van der Waals surface area contributed by atoms with E-state index in [0.29, 0.717) is 23.0 Å². The summed E-state index contributed by atoms with van der Waals surface area (Å²) in [5.41, 5.74) is 1.31. The molecule has 0 aliphatic rings. The van der Waals surface area contributed by atoms with Crippen LogP contribution in [0.5, 0.6) is 0 Å². The van der Waals surface area contributed by atoms with E-state index in [1.54, 1.807) is 31.2 Å². The third-order valence-corrected chi connectivity index (χ3v) is 4.73. The lowest BCUT2D eigenvalue weighted by molar-refractivity contribution is 0.533. The van der Waals surface area contributed by atoms with Crippen molar-refractivity contribution >= 4 is 15.7 Å². The maximum absolute atomic E-state index is 13.3. The molecular weight excluding hydrogens is 333 g/mol. The van der Waals surface area contributed by atoms with Gasteiger partial charge >= 0.3 is 0 Å². The molecule has 0 radical (unpaired) electrons. The van der Waals surface area contributed by atoms with E-state index in [1.807, 2.05) is 0 Å². The lowest BCUT2D eigenvalue weighted by atomic mass is 10.2. The van der Waals surface area contributed by atoms with Crippen molar-refractivity contribution in [1.29, 1.82) is 0 Å². The Kier molecular flexibility index (Phi) is 4.06. The summed E-state index contributed by atoms with van der Waals surface area (Å²) in [7, 11) is -3.79. The molecular formula is C16H14FN3O3S. The van der Waals surface area contributed by atoms with E-state index in [4.69, 9.17) is 4.42 Å². The predicted molar refractivity (Wildman–Crippen MR) is 86.4 cm³/mol. The van der Waals surface area contributed by atoms with Crippen molar-refractivity contribution in [1.82, 2.24) is 10.2 Å². The second-order valence-corrected chi connectivity index (χ2v) is 6.90. The van der Waals surface area contributed by atoms with Crippen molar-refractivity contribution in [3.63, 3.8) is 0 Å². The van der Waals surface area contributed by atoms with Gasteiger partial charge in [-0.1, -0.05) is 0 Å². The van der Waals surface area contributed by atoms with E-state index in [0.717, 1.165) is 6.07 Å². The fourth-order valence-electron chi connectivity index (χ4n) is 2.09. The van der Waals surface area contributed by atoms with Crippen molar-refractivity contribution in [2.45, 2.75) is 18.7 Å². The first-order chi connectivity index (χ1) is 11.3. The van der Waals surface area contributed by atoms with Gasteiger partial charge in [-0.15, -0.1) is 10.2 Å². The van der Waals surface area contributed by atoms with Crippen LogP contribution in [0.25, 0.3) is 11.5 Å². The summed E-state index contributed by atoms with van der Waals surface area (Å²) >= 11 is 0. The number of anilines is 1. The number of halogens is 1. The molecule has 0 saturated heterocycles. The molecule has 2 aromatic carbocycles. The Balaban J connectivity index is 1.83. The number of nitrogens with zero attached hydrogens (tertiary/aromatic N) is 2. The van der Waals surface area contributed by atoms with Crippen LogP contribution >= 0.6 is 0 Å². The van der Waals surface area contributed by atoms with E-state index in [9.17, 15) is 12.8 Å². The maximum atomic E-state index is 13.3. The van der Waals surface area contributed by atoms with Crippen molar-refractivity contribution in [2.24, 2.45) is 0 Å². The third-order valence-electron chi connectivity index (χ3n) is 3.35. The van der Waals surface area contributed by atoms with Crippen LogP contribution in [0.2, 0.25) is 0 Å². The van der Waals surface area contributed by atoms with Crippen molar-refractivity contribution in [3.05, 3.63) is 59.7 Å². The van der Waals surface area contributed by atoms with Gasteiger partial charge in [0.25, 0.3) is 10.0 Å². The highest BCUT2D eigenvalue weighted by atomic mass is 32.2. The minimum Gasteiger partial charge on any atom is -0.421 e. The van der Waals surface area contributed by atoms with Gasteiger partial charge in [-0.25, -0.2) is 12.8 Å². The molecule has 3 aromatic rings. The Labute approximate surface area is 138 Å². The highest BCUT2D eigenvalue weighted by Crippen LogP contribution is 2.22. The smallest absolute Gasteiger partial charge is 0.261 e. The first kappa shape index (κ1) is 16.1. The van der Waals surface area contributed by atoms with Crippen LogP contribution in [0.4, 0.5) is 10.1 Å². The Morgan fingerprint density at radius 2 is 1.75 bits per heavy atom. The molecule has 1 aromatic heterocycles. The molecule has 6 nitrogen and oxygen atoms in total. The van der Waals surface area contributed by atoms with Gasteiger partial charge in [-0.2, -0.15) is 0 Å². The van der Waals surface area contributed by atoms with Crippen molar-refractivity contribution < 1.29 is 17.2 Å². The molecule has 0 amide bonds. The fourth-order valence-corrected chi connectivity index (χ4v) is 3.24. The summed E-state index contributed by atoms with van der Waals surface area (Å²) < 4.78 is 45.7. The molecule has 0 saturated carbocycles. The van der Waals surface area contributed by atoms with Gasteiger partial charge in [0, 0.05) is 18.2 Å². The summed E-state index contributed by atoms with van der Waals surface area (Å²) in [5.74, 6) is 0.352. The molecule has 0 atom stereocenters. The average molecular weight is 347 g/mol. The van der Waals surface area contributed by atoms with Crippen LogP contribution in [0.1, 0.15) is 11.5 Å². The number of hydrogen-bond donors (Lipinski definition) is 1. The molecule has 3 rings (SSSR count).